The van der Waals surface area contributed by atoms with Crippen molar-refractivity contribution in [3.8, 4) is 0 Å². The van der Waals surface area contributed by atoms with E-state index < -0.39 is 11.9 Å². The second kappa shape index (κ2) is 7.41. The highest BCUT2D eigenvalue weighted by atomic mass is 16.3. The predicted molar refractivity (Wildman–Crippen MR) is 66.5 cm³/mol. The van der Waals surface area contributed by atoms with Crippen LogP contribution < -0.4 is 16.4 Å². The van der Waals surface area contributed by atoms with Crippen molar-refractivity contribution in [2.75, 3.05) is 19.7 Å². The molecule has 0 bridgehead atoms. The highest BCUT2D eigenvalue weighted by molar-refractivity contribution is 5.85. The molecule has 0 fully saturated rings. The lowest BCUT2D eigenvalue weighted by Gasteiger charge is -2.16. The Morgan fingerprint density at radius 1 is 1.22 bits per heavy atom. The Balaban J connectivity index is 2.49. The number of benzene rings is 1. The number of nitrogens with one attached hydrogen (secondary N) is 2. The number of hydrogen-bond acceptors (Lipinski definition) is 4. The van der Waals surface area contributed by atoms with Crippen molar-refractivity contribution in [1.82, 2.24) is 10.6 Å². The van der Waals surface area contributed by atoms with Crippen molar-refractivity contribution in [3.63, 3.8) is 0 Å². The van der Waals surface area contributed by atoms with Gasteiger partial charge in [0.05, 0.1) is 25.7 Å². The summed E-state index contributed by atoms with van der Waals surface area (Å²) in [6, 6.07) is 8.62. The Hall–Kier alpha value is -1.92. The van der Waals surface area contributed by atoms with Gasteiger partial charge < -0.3 is 21.5 Å². The van der Waals surface area contributed by atoms with Crippen LogP contribution >= 0.6 is 0 Å². The molecule has 0 aromatic heterocycles. The number of aliphatic hydroxyl groups is 1. The smallest absolute Gasteiger partial charge is 0.239 e. The topological polar surface area (TPSA) is 104 Å². The standard InChI is InChI=1S/C12H17N3O3/c13-6-11(17)14-7-12(18)15-10(8-16)9-4-2-1-3-5-9/h1-5,10,16H,6-8,13H2,(H,14,17)(H,15,18)/t10-/m1/s1. The van der Waals surface area contributed by atoms with Gasteiger partial charge in [0.15, 0.2) is 0 Å². The van der Waals surface area contributed by atoms with Crippen molar-refractivity contribution in [3.05, 3.63) is 35.9 Å². The van der Waals surface area contributed by atoms with Gasteiger partial charge in [-0.05, 0) is 5.56 Å². The zero-order valence-corrected chi connectivity index (χ0v) is 9.93. The molecule has 0 spiro atoms. The predicted octanol–water partition coefficient (Wildman–Crippen LogP) is -1.09. The molecule has 1 aromatic carbocycles. The van der Waals surface area contributed by atoms with Crippen LogP contribution in [0.2, 0.25) is 0 Å². The molecule has 0 aliphatic carbocycles. The van der Waals surface area contributed by atoms with Gasteiger partial charge in [0, 0.05) is 0 Å². The highest BCUT2D eigenvalue weighted by Crippen LogP contribution is 2.10. The van der Waals surface area contributed by atoms with E-state index in [4.69, 9.17) is 5.73 Å². The molecule has 0 saturated heterocycles. The van der Waals surface area contributed by atoms with Crippen LogP contribution in [-0.4, -0.2) is 36.6 Å². The van der Waals surface area contributed by atoms with Crippen LogP contribution in [0.5, 0.6) is 0 Å². The van der Waals surface area contributed by atoms with Gasteiger partial charge in [-0.1, -0.05) is 30.3 Å². The first-order chi connectivity index (χ1) is 8.67. The van der Waals surface area contributed by atoms with Crippen LogP contribution in [0.1, 0.15) is 11.6 Å². The van der Waals surface area contributed by atoms with E-state index in [1.165, 1.54) is 0 Å². The molecule has 1 aromatic rings. The molecule has 1 rings (SSSR count). The minimum Gasteiger partial charge on any atom is -0.394 e. The molecule has 0 saturated carbocycles. The van der Waals surface area contributed by atoms with E-state index in [1.807, 2.05) is 18.2 Å². The van der Waals surface area contributed by atoms with Gasteiger partial charge in [0.2, 0.25) is 11.8 Å². The largest absolute Gasteiger partial charge is 0.394 e. The lowest BCUT2D eigenvalue weighted by Crippen LogP contribution is -2.41. The molecule has 0 aliphatic rings. The Labute approximate surface area is 105 Å². The van der Waals surface area contributed by atoms with Crippen molar-refractivity contribution in [1.29, 1.82) is 0 Å². The van der Waals surface area contributed by atoms with Gasteiger partial charge in [-0.15, -0.1) is 0 Å². The van der Waals surface area contributed by atoms with E-state index in [-0.39, 0.29) is 25.6 Å². The first-order valence-corrected chi connectivity index (χ1v) is 5.59. The van der Waals surface area contributed by atoms with Gasteiger partial charge >= 0.3 is 0 Å². The van der Waals surface area contributed by atoms with Crippen molar-refractivity contribution in [2.24, 2.45) is 5.73 Å². The summed E-state index contributed by atoms with van der Waals surface area (Å²) in [7, 11) is 0. The van der Waals surface area contributed by atoms with Crippen LogP contribution in [0.3, 0.4) is 0 Å². The Kier molecular flexibility index (Phi) is 5.83. The molecule has 0 radical (unpaired) electrons. The van der Waals surface area contributed by atoms with Crippen molar-refractivity contribution < 1.29 is 14.7 Å². The third-order valence-corrected chi connectivity index (χ3v) is 2.35. The molecule has 0 heterocycles. The lowest BCUT2D eigenvalue weighted by molar-refractivity contribution is -0.125. The average Bonchev–Trinajstić information content (AvgIpc) is 2.43. The summed E-state index contributed by atoms with van der Waals surface area (Å²) >= 11 is 0. The van der Waals surface area contributed by atoms with E-state index in [9.17, 15) is 14.7 Å². The van der Waals surface area contributed by atoms with Crippen molar-refractivity contribution in [2.45, 2.75) is 6.04 Å². The minimum atomic E-state index is -0.478. The van der Waals surface area contributed by atoms with Gasteiger partial charge in [0.25, 0.3) is 0 Å². The number of carbonyl (C=O) groups excluding carboxylic acids is 2. The number of rotatable bonds is 6. The van der Waals surface area contributed by atoms with Crippen LogP contribution in [-0.2, 0) is 9.59 Å². The highest BCUT2D eigenvalue weighted by Gasteiger charge is 2.13. The second-order valence-electron chi connectivity index (χ2n) is 3.69. The third-order valence-electron chi connectivity index (χ3n) is 2.35. The van der Waals surface area contributed by atoms with E-state index >= 15 is 0 Å². The van der Waals surface area contributed by atoms with Crippen LogP contribution in [0.25, 0.3) is 0 Å². The molecule has 6 heteroatoms. The summed E-state index contributed by atoms with van der Waals surface area (Å²) in [4.78, 5) is 22.4. The van der Waals surface area contributed by atoms with Gasteiger partial charge in [-0.3, -0.25) is 9.59 Å². The van der Waals surface area contributed by atoms with E-state index in [0.717, 1.165) is 5.56 Å². The minimum absolute atomic E-state index is 0.153. The fourth-order valence-corrected chi connectivity index (χ4v) is 1.42. The number of hydrogen-bond donors (Lipinski definition) is 4. The summed E-state index contributed by atoms with van der Waals surface area (Å²) in [5.74, 6) is -0.773. The second-order valence-corrected chi connectivity index (χ2v) is 3.69. The Morgan fingerprint density at radius 3 is 2.44 bits per heavy atom. The summed E-state index contributed by atoms with van der Waals surface area (Å²) < 4.78 is 0. The number of amides is 2. The summed E-state index contributed by atoms with van der Waals surface area (Å²) in [5, 5.41) is 14.2. The molecule has 98 valence electrons. The Bertz CT molecular complexity index is 395. The van der Waals surface area contributed by atoms with Gasteiger partial charge in [-0.25, -0.2) is 0 Å². The molecule has 1 atom stereocenters. The normalized spacial score (nSPS) is 11.7. The zero-order valence-electron chi connectivity index (χ0n) is 9.93. The van der Waals surface area contributed by atoms with Gasteiger partial charge in [0.1, 0.15) is 0 Å². The monoisotopic (exact) mass is 251 g/mol. The fourth-order valence-electron chi connectivity index (χ4n) is 1.42. The fraction of sp³-hybridized carbons (Fsp3) is 0.333. The van der Waals surface area contributed by atoms with Crippen molar-refractivity contribution >= 4 is 11.8 Å². The first kappa shape index (κ1) is 14.1. The molecular weight excluding hydrogens is 234 g/mol. The van der Waals surface area contributed by atoms with E-state index in [1.54, 1.807) is 12.1 Å². The maximum Gasteiger partial charge on any atom is 0.239 e. The SMILES string of the molecule is NCC(=O)NCC(=O)N[C@H](CO)c1ccccc1. The maximum atomic E-state index is 11.5. The molecule has 2 amide bonds. The maximum absolute atomic E-state index is 11.5. The molecule has 18 heavy (non-hydrogen) atoms. The third kappa shape index (κ3) is 4.52. The number of aliphatic hydroxyl groups excluding tert-OH is 1. The summed E-state index contributed by atoms with van der Waals surface area (Å²) in [6.45, 7) is -0.519. The number of nitrogens with two attached hydrogens (primary N) is 1. The Morgan fingerprint density at radius 2 is 1.89 bits per heavy atom. The zero-order chi connectivity index (χ0) is 13.4. The summed E-state index contributed by atoms with van der Waals surface area (Å²) in [6.07, 6.45) is 0. The lowest BCUT2D eigenvalue weighted by atomic mass is 10.1. The van der Waals surface area contributed by atoms with E-state index in [0.29, 0.717) is 0 Å². The molecule has 6 nitrogen and oxygen atoms in total. The average molecular weight is 251 g/mol. The van der Waals surface area contributed by atoms with Crippen LogP contribution in [0.15, 0.2) is 30.3 Å². The number of carbonyl (C=O) groups is 2. The molecule has 5 N–H and O–H groups in total. The first-order valence-electron chi connectivity index (χ1n) is 5.59. The molecular formula is C12H17N3O3. The van der Waals surface area contributed by atoms with E-state index in [2.05, 4.69) is 10.6 Å². The summed E-state index contributed by atoms with van der Waals surface area (Å²) in [5.41, 5.74) is 5.90. The van der Waals surface area contributed by atoms with Gasteiger partial charge in [-0.2, -0.15) is 0 Å². The van der Waals surface area contributed by atoms with Crippen LogP contribution in [0.4, 0.5) is 0 Å². The molecule has 0 aliphatic heterocycles. The quantitative estimate of drug-likeness (QED) is 0.515. The molecule has 0 unspecified atom stereocenters. The van der Waals surface area contributed by atoms with Crippen LogP contribution in [0, 0.1) is 0 Å².